The van der Waals surface area contributed by atoms with Gasteiger partial charge in [0.1, 0.15) is 11.5 Å². The molecule has 0 bridgehead atoms. The maximum absolute atomic E-state index is 5.97. The normalized spacial score (nSPS) is 10.9. The van der Waals surface area contributed by atoms with Crippen molar-refractivity contribution in [3.8, 4) is 11.5 Å². The van der Waals surface area contributed by atoms with Crippen molar-refractivity contribution in [2.75, 3.05) is 13.7 Å². The van der Waals surface area contributed by atoms with Crippen LogP contribution in [0.4, 0.5) is 0 Å². The summed E-state index contributed by atoms with van der Waals surface area (Å²) in [6, 6.07) is 6.53. The molecule has 0 aliphatic carbocycles. The predicted molar refractivity (Wildman–Crippen MR) is 89.2 cm³/mol. The van der Waals surface area contributed by atoms with E-state index in [1.54, 1.807) is 7.11 Å². The second-order valence-electron chi connectivity index (χ2n) is 5.77. The molecule has 3 heteroatoms. The van der Waals surface area contributed by atoms with E-state index in [2.05, 4.69) is 32.2 Å². The van der Waals surface area contributed by atoms with Gasteiger partial charge in [0.15, 0.2) is 0 Å². The Bertz CT molecular complexity index is 391. The molecule has 0 aliphatic heterocycles. The van der Waals surface area contributed by atoms with Gasteiger partial charge in [-0.15, -0.1) is 0 Å². The molecule has 1 aromatic carbocycles. The number of methoxy groups -OCH3 is 1. The van der Waals surface area contributed by atoms with Crippen molar-refractivity contribution in [1.82, 2.24) is 5.32 Å². The van der Waals surface area contributed by atoms with E-state index in [1.165, 1.54) is 31.2 Å². The van der Waals surface area contributed by atoms with Crippen LogP contribution in [0, 0.1) is 0 Å². The highest BCUT2D eigenvalue weighted by atomic mass is 16.5. The molecule has 0 aromatic heterocycles. The summed E-state index contributed by atoms with van der Waals surface area (Å²) < 4.78 is 11.3. The molecule has 0 fully saturated rings. The zero-order valence-electron chi connectivity index (χ0n) is 14.1. The van der Waals surface area contributed by atoms with Crippen LogP contribution in [0.15, 0.2) is 18.2 Å². The predicted octanol–water partition coefficient (Wildman–Crippen LogP) is 4.54. The van der Waals surface area contributed by atoms with Gasteiger partial charge in [0, 0.05) is 24.2 Å². The number of hydrogen-bond donors (Lipinski definition) is 1. The van der Waals surface area contributed by atoms with Gasteiger partial charge in [0.05, 0.1) is 13.7 Å². The maximum Gasteiger partial charge on any atom is 0.127 e. The summed E-state index contributed by atoms with van der Waals surface area (Å²) in [5.41, 5.74) is 1.19. The largest absolute Gasteiger partial charge is 0.497 e. The molecule has 21 heavy (non-hydrogen) atoms. The standard InChI is InChI=1S/C18H31NO2/c1-5-6-7-8-9-12-21-18-13-17(20-4)11-10-16(18)14-19-15(2)3/h10-11,13,15,19H,5-9,12,14H2,1-4H3. The Balaban J connectivity index is 2.51. The van der Waals surface area contributed by atoms with Gasteiger partial charge in [0.2, 0.25) is 0 Å². The fraction of sp³-hybridized carbons (Fsp3) is 0.667. The summed E-state index contributed by atoms with van der Waals surface area (Å²) in [7, 11) is 1.69. The molecule has 3 nitrogen and oxygen atoms in total. The average molecular weight is 293 g/mol. The lowest BCUT2D eigenvalue weighted by Gasteiger charge is -2.15. The van der Waals surface area contributed by atoms with Gasteiger partial charge in [0.25, 0.3) is 0 Å². The lowest BCUT2D eigenvalue weighted by Crippen LogP contribution is -2.22. The first-order valence-corrected chi connectivity index (χ1v) is 8.20. The molecular weight excluding hydrogens is 262 g/mol. The number of hydrogen-bond acceptors (Lipinski definition) is 3. The molecule has 1 aromatic rings. The highest BCUT2D eigenvalue weighted by Crippen LogP contribution is 2.25. The van der Waals surface area contributed by atoms with Crippen LogP contribution in [0.3, 0.4) is 0 Å². The van der Waals surface area contributed by atoms with E-state index in [4.69, 9.17) is 9.47 Å². The van der Waals surface area contributed by atoms with Gasteiger partial charge in [-0.05, 0) is 12.5 Å². The fourth-order valence-corrected chi connectivity index (χ4v) is 2.14. The molecule has 0 radical (unpaired) electrons. The zero-order valence-corrected chi connectivity index (χ0v) is 14.1. The number of rotatable bonds is 11. The van der Waals surface area contributed by atoms with Gasteiger partial charge in [-0.3, -0.25) is 0 Å². The number of ether oxygens (including phenoxy) is 2. The molecule has 1 N–H and O–H groups in total. The second kappa shape index (κ2) is 10.5. The first kappa shape index (κ1) is 17.8. The van der Waals surface area contributed by atoms with Crippen molar-refractivity contribution in [2.24, 2.45) is 0 Å². The minimum absolute atomic E-state index is 0.467. The summed E-state index contributed by atoms with van der Waals surface area (Å²) >= 11 is 0. The van der Waals surface area contributed by atoms with E-state index in [9.17, 15) is 0 Å². The van der Waals surface area contributed by atoms with Crippen LogP contribution in [0.1, 0.15) is 58.4 Å². The molecule has 0 heterocycles. The van der Waals surface area contributed by atoms with Crippen LogP contribution < -0.4 is 14.8 Å². The van der Waals surface area contributed by atoms with Crippen molar-refractivity contribution in [3.05, 3.63) is 23.8 Å². The monoisotopic (exact) mass is 293 g/mol. The third-order valence-electron chi connectivity index (χ3n) is 3.48. The quantitative estimate of drug-likeness (QED) is 0.607. The molecule has 0 saturated carbocycles. The van der Waals surface area contributed by atoms with Crippen molar-refractivity contribution < 1.29 is 9.47 Å². The fourth-order valence-electron chi connectivity index (χ4n) is 2.14. The van der Waals surface area contributed by atoms with Crippen LogP contribution >= 0.6 is 0 Å². The lowest BCUT2D eigenvalue weighted by atomic mass is 10.1. The van der Waals surface area contributed by atoms with Crippen molar-refractivity contribution >= 4 is 0 Å². The van der Waals surface area contributed by atoms with Crippen LogP contribution in [0.25, 0.3) is 0 Å². The molecule has 0 saturated heterocycles. The molecule has 0 spiro atoms. The number of unbranched alkanes of at least 4 members (excludes halogenated alkanes) is 4. The minimum Gasteiger partial charge on any atom is -0.497 e. The summed E-state index contributed by atoms with van der Waals surface area (Å²) in [6.45, 7) is 8.15. The van der Waals surface area contributed by atoms with E-state index in [-0.39, 0.29) is 0 Å². The average Bonchev–Trinajstić information content (AvgIpc) is 2.49. The molecule has 0 unspecified atom stereocenters. The van der Waals surface area contributed by atoms with E-state index in [1.807, 2.05) is 12.1 Å². The van der Waals surface area contributed by atoms with Crippen molar-refractivity contribution in [2.45, 2.75) is 65.5 Å². The Morgan fingerprint density at radius 1 is 1.10 bits per heavy atom. The van der Waals surface area contributed by atoms with Crippen LogP contribution in [-0.2, 0) is 6.54 Å². The lowest BCUT2D eigenvalue weighted by molar-refractivity contribution is 0.298. The van der Waals surface area contributed by atoms with Gasteiger partial charge >= 0.3 is 0 Å². The number of nitrogens with one attached hydrogen (secondary N) is 1. The van der Waals surface area contributed by atoms with Gasteiger partial charge in [-0.25, -0.2) is 0 Å². The molecular formula is C18H31NO2. The SMILES string of the molecule is CCCCCCCOc1cc(OC)ccc1CNC(C)C. The minimum atomic E-state index is 0.467. The molecule has 1 rings (SSSR count). The highest BCUT2D eigenvalue weighted by Gasteiger charge is 2.06. The molecule has 0 aliphatic rings. The van der Waals surface area contributed by atoms with Crippen LogP contribution in [-0.4, -0.2) is 19.8 Å². The van der Waals surface area contributed by atoms with E-state index in [0.717, 1.165) is 31.1 Å². The molecule has 0 amide bonds. The van der Waals surface area contributed by atoms with Crippen molar-refractivity contribution in [3.63, 3.8) is 0 Å². The second-order valence-corrected chi connectivity index (χ2v) is 5.77. The Morgan fingerprint density at radius 3 is 2.52 bits per heavy atom. The summed E-state index contributed by atoms with van der Waals surface area (Å²) in [5.74, 6) is 1.79. The Hall–Kier alpha value is -1.22. The van der Waals surface area contributed by atoms with Gasteiger partial charge in [-0.2, -0.15) is 0 Å². The Morgan fingerprint density at radius 2 is 1.86 bits per heavy atom. The van der Waals surface area contributed by atoms with E-state index >= 15 is 0 Å². The Kier molecular flexibility index (Phi) is 8.91. The van der Waals surface area contributed by atoms with Gasteiger partial charge < -0.3 is 14.8 Å². The summed E-state index contributed by atoms with van der Waals surface area (Å²) in [6.07, 6.45) is 6.27. The molecule has 120 valence electrons. The highest BCUT2D eigenvalue weighted by molar-refractivity contribution is 5.40. The van der Waals surface area contributed by atoms with E-state index in [0.29, 0.717) is 6.04 Å². The smallest absolute Gasteiger partial charge is 0.127 e. The first-order valence-electron chi connectivity index (χ1n) is 8.20. The third-order valence-corrected chi connectivity index (χ3v) is 3.48. The number of benzene rings is 1. The zero-order chi connectivity index (χ0) is 15.5. The van der Waals surface area contributed by atoms with Crippen LogP contribution in [0.5, 0.6) is 11.5 Å². The summed E-state index contributed by atoms with van der Waals surface area (Å²) in [5, 5.41) is 3.44. The first-order chi connectivity index (χ1) is 10.2. The van der Waals surface area contributed by atoms with Crippen molar-refractivity contribution in [1.29, 1.82) is 0 Å². The van der Waals surface area contributed by atoms with Crippen LogP contribution in [0.2, 0.25) is 0 Å². The Labute approximate surface area is 130 Å². The third kappa shape index (κ3) is 7.37. The van der Waals surface area contributed by atoms with Gasteiger partial charge in [-0.1, -0.05) is 52.5 Å². The summed E-state index contributed by atoms with van der Waals surface area (Å²) in [4.78, 5) is 0. The maximum atomic E-state index is 5.97. The molecule has 0 atom stereocenters. The topological polar surface area (TPSA) is 30.5 Å². The van der Waals surface area contributed by atoms with E-state index < -0.39 is 0 Å².